The smallest absolute Gasteiger partial charge is 0.298 e. The Kier molecular flexibility index (Phi) is 3.68. The molecule has 0 N–H and O–H groups in total. The molecule has 5 heteroatoms. The number of carbonyl (C=O) groups excluding carboxylic acids is 2. The molecular formula is C13H14N2O2S. The van der Waals surface area contributed by atoms with Gasteiger partial charge < -0.3 is 9.80 Å². The number of carbonyl (C=O) groups is 2. The zero-order valence-corrected chi connectivity index (χ0v) is 11.2. The van der Waals surface area contributed by atoms with Gasteiger partial charge in [0.2, 0.25) is 5.91 Å². The van der Waals surface area contributed by atoms with Crippen LogP contribution in [0.2, 0.25) is 0 Å². The maximum absolute atomic E-state index is 12.0. The van der Waals surface area contributed by atoms with Gasteiger partial charge in [-0.15, -0.1) is 11.3 Å². The Labute approximate surface area is 110 Å². The Balaban J connectivity index is 2.07. The molecule has 0 saturated carbocycles. The van der Waals surface area contributed by atoms with Gasteiger partial charge in [0, 0.05) is 18.0 Å². The third kappa shape index (κ3) is 2.54. The highest BCUT2D eigenvalue weighted by molar-refractivity contribution is 7.16. The van der Waals surface area contributed by atoms with Gasteiger partial charge in [-0.2, -0.15) is 0 Å². The molecular weight excluding hydrogens is 248 g/mol. The van der Waals surface area contributed by atoms with Gasteiger partial charge in [0.25, 0.3) is 5.91 Å². The second kappa shape index (κ2) is 5.23. The van der Waals surface area contributed by atoms with Crippen LogP contribution in [0, 0.1) is 18.8 Å². The number of hydrogen-bond acceptors (Lipinski definition) is 3. The second-order valence-corrected chi connectivity index (χ2v) is 5.30. The van der Waals surface area contributed by atoms with Crippen LogP contribution >= 0.6 is 11.3 Å². The normalized spacial score (nSPS) is 15.3. The van der Waals surface area contributed by atoms with Crippen molar-refractivity contribution in [1.82, 2.24) is 4.90 Å². The van der Waals surface area contributed by atoms with Crippen molar-refractivity contribution in [3.8, 4) is 11.8 Å². The maximum atomic E-state index is 12.0. The highest BCUT2D eigenvalue weighted by Crippen LogP contribution is 2.26. The van der Waals surface area contributed by atoms with Gasteiger partial charge in [0.15, 0.2) is 0 Å². The molecule has 0 spiro atoms. The van der Waals surface area contributed by atoms with E-state index >= 15 is 0 Å². The van der Waals surface area contributed by atoms with Crippen LogP contribution in [0.4, 0.5) is 5.00 Å². The van der Waals surface area contributed by atoms with Gasteiger partial charge in [-0.05, 0) is 31.9 Å². The van der Waals surface area contributed by atoms with Crippen LogP contribution in [0.3, 0.4) is 0 Å². The highest BCUT2D eigenvalue weighted by Gasteiger charge is 2.27. The average Bonchev–Trinajstić information content (AvgIpc) is 2.76. The summed E-state index contributed by atoms with van der Waals surface area (Å²) in [5.41, 5.74) is 0. The monoisotopic (exact) mass is 262 g/mol. The van der Waals surface area contributed by atoms with E-state index < -0.39 is 0 Å². The molecule has 1 saturated heterocycles. The minimum Gasteiger partial charge on any atom is -0.321 e. The molecule has 2 heterocycles. The first-order valence-corrected chi connectivity index (χ1v) is 6.52. The summed E-state index contributed by atoms with van der Waals surface area (Å²) in [4.78, 5) is 28.0. The van der Waals surface area contributed by atoms with E-state index in [2.05, 4.69) is 11.8 Å². The largest absolute Gasteiger partial charge is 0.321 e. The first-order chi connectivity index (χ1) is 8.61. The molecule has 2 rings (SSSR count). The van der Waals surface area contributed by atoms with Crippen molar-refractivity contribution in [1.29, 1.82) is 0 Å². The van der Waals surface area contributed by atoms with E-state index in [-0.39, 0.29) is 18.4 Å². The molecule has 1 aromatic heterocycles. The van der Waals surface area contributed by atoms with Crippen LogP contribution in [0.15, 0.2) is 12.1 Å². The fourth-order valence-corrected chi connectivity index (χ4v) is 2.74. The standard InChI is InChI=1S/C13H14N2O2S/c1-3-4-11(16)14-7-8-15(12(17)9-14)13-6-5-10(2)18-13/h5-6H,7-9H2,1-2H3. The SMILES string of the molecule is CC#CC(=O)N1CCN(c2ccc(C)s2)C(=O)C1. The molecule has 1 aliphatic rings. The van der Waals surface area contributed by atoms with E-state index in [1.165, 1.54) is 9.78 Å². The zero-order valence-electron chi connectivity index (χ0n) is 10.4. The quantitative estimate of drug-likeness (QED) is 0.715. The summed E-state index contributed by atoms with van der Waals surface area (Å²) >= 11 is 1.59. The Bertz CT molecular complexity index is 539. The van der Waals surface area contributed by atoms with Crippen LogP contribution in [0.1, 0.15) is 11.8 Å². The van der Waals surface area contributed by atoms with Crippen LogP contribution in [0.25, 0.3) is 0 Å². The van der Waals surface area contributed by atoms with Gasteiger partial charge >= 0.3 is 0 Å². The summed E-state index contributed by atoms with van der Waals surface area (Å²) in [7, 11) is 0. The molecule has 0 aromatic carbocycles. The zero-order chi connectivity index (χ0) is 13.1. The summed E-state index contributed by atoms with van der Waals surface area (Å²) in [5.74, 6) is 4.71. The molecule has 4 nitrogen and oxygen atoms in total. The van der Waals surface area contributed by atoms with Crippen LogP contribution in [0.5, 0.6) is 0 Å². The summed E-state index contributed by atoms with van der Waals surface area (Å²) in [6, 6.07) is 3.94. The van der Waals surface area contributed by atoms with Gasteiger partial charge in [-0.1, -0.05) is 5.92 Å². The third-order valence-electron chi connectivity index (χ3n) is 2.73. The molecule has 1 fully saturated rings. The van der Waals surface area contributed by atoms with E-state index in [0.29, 0.717) is 13.1 Å². The Morgan fingerprint density at radius 3 is 2.72 bits per heavy atom. The second-order valence-electron chi connectivity index (χ2n) is 4.03. The summed E-state index contributed by atoms with van der Waals surface area (Å²) in [5, 5.41) is 0.950. The molecule has 0 bridgehead atoms. The average molecular weight is 262 g/mol. The highest BCUT2D eigenvalue weighted by atomic mass is 32.1. The molecule has 18 heavy (non-hydrogen) atoms. The molecule has 0 atom stereocenters. The van der Waals surface area contributed by atoms with Gasteiger partial charge in [0.05, 0.1) is 5.00 Å². The van der Waals surface area contributed by atoms with Crippen molar-refractivity contribution in [3.05, 3.63) is 17.0 Å². The summed E-state index contributed by atoms with van der Waals surface area (Å²) in [6.45, 7) is 4.82. The Hall–Kier alpha value is -1.80. The van der Waals surface area contributed by atoms with Gasteiger partial charge in [-0.25, -0.2) is 0 Å². The van der Waals surface area contributed by atoms with Crippen LogP contribution in [-0.2, 0) is 9.59 Å². The van der Waals surface area contributed by atoms with E-state index in [4.69, 9.17) is 0 Å². The van der Waals surface area contributed by atoms with Crippen molar-refractivity contribution in [2.75, 3.05) is 24.5 Å². The topological polar surface area (TPSA) is 40.6 Å². The molecule has 1 aromatic rings. The Morgan fingerprint density at radius 2 is 2.17 bits per heavy atom. The molecule has 94 valence electrons. The van der Waals surface area contributed by atoms with Crippen molar-refractivity contribution < 1.29 is 9.59 Å². The van der Waals surface area contributed by atoms with E-state index in [0.717, 1.165) is 5.00 Å². The van der Waals surface area contributed by atoms with Crippen molar-refractivity contribution in [2.45, 2.75) is 13.8 Å². The fourth-order valence-electron chi connectivity index (χ4n) is 1.83. The first-order valence-electron chi connectivity index (χ1n) is 5.70. The molecule has 0 aliphatic carbocycles. The summed E-state index contributed by atoms with van der Waals surface area (Å²) in [6.07, 6.45) is 0. The number of rotatable bonds is 1. The summed E-state index contributed by atoms with van der Waals surface area (Å²) < 4.78 is 0. The number of amides is 2. The van der Waals surface area contributed by atoms with Gasteiger partial charge in [-0.3, -0.25) is 9.59 Å². The number of hydrogen-bond donors (Lipinski definition) is 0. The fraction of sp³-hybridized carbons (Fsp3) is 0.385. The minimum atomic E-state index is -0.270. The minimum absolute atomic E-state index is 0.0469. The number of anilines is 1. The van der Waals surface area contributed by atoms with Crippen LogP contribution < -0.4 is 4.90 Å². The van der Waals surface area contributed by atoms with Gasteiger partial charge in [0.1, 0.15) is 6.54 Å². The predicted molar refractivity (Wildman–Crippen MR) is 71.4 cm³/mol. The lowest BCUT2D eigenvalue weighted by atomic mass is 10.3. The number of thiophene rings is 1. The maximum Gasteiger partial charge on any atom is 0.298 e. The van der Waals surface area contributed by atoms with Crippen molar-refractivity contribution in [2.24, 2.45) is 0 Å². The lowest BCUT2D eigenvalue weighted by Crippen LogP contribution is -2.52. The number of aryl methyl sites for hydroxylation is 1. The molecule has 1 aliphatic heterocycles. The van der Waals surface area contributed by atoms with Crippen molar-refractivity contribution in [3.63, 3.8) is 0 Å². The first kappa shape index (κ1) is 12.7. The lowest BCUT2D eigenvalue weighted by molar-refractivity contribution is -0.132. The number of nitrogens with zero attached hydrogens (tertiary/aromatic N) is 2. The number of piperazine rings is 1. The van der Waals surface area contributed by atoms with E-state index in [9.17, 15) is 9.59 Å². The predicted octanol–water partition coefficient (Wildman–Crippen LogP) is 1.26. The molecule has 2 amide bonds. The van der Waals surface area contributed by atoms with E-state index in [1.54, 1.807) is 23.2 Å². The lowest BCUT2D eigenvalue weighted by Gasteiger charge is -2.32. The third-order valence-corrected chi connectivity index (χ3v) is 3.76. The van der Waals surface area contributed by atoms with Crippen molar-refractivity contribution >= 4 is 28.2 Å². The van der Waals surface area contributed by atoms with E-state index in [1.807, 2.05) is 19.1 Å². The van der Waals surface area contributed by atoms with Crippen LogP contribution in [-0.4, -0.2) is 36.3 Å². The molecule has 0 unspecified atom stereocenters. The molecule has 0 radical (unpaired) electrons. The Morgan fingerprint density at radius 1 is 1.39 bits per heavy atom.